The fraction of sp³-hybridized carbons (Fsp3) is 0.588. The molecule has 1 aliphatic rings. The van der Waals surface area contributed by atoms with Gasteiger partial charge in [-0.05, 0) is 45.2 Å². The average molecular weight is 326 g/mol. The molecule has 2 atom stereocenters. The summed E-state index contributed by atoms with van der Waals surface area (Å²) in [6.45, 7) is 8.76. The van der Waals surface area contributed by atoms with E-state index in [1.54, 1.807) is 6.07 Å². The second-order valence-electron chi connectivity index (χ2n) is 7.19. The maximum Gasteiger partial charge on any atom is 0.407 e. The SMILES string of the molecule is CC1CC(NC(=O)OC(C)(C)C)CN(c2ccc(F)c(F)c2)C1. The monoisotopic (exact) mass is 326 g/mol. The Morgan fingerprint density at radius 2 is 1.96 bits per heavy atom. The Balaban J connectivity index is 2.04. The van der Waals surface area contributed by atoms with Gasteiger partial charge < -0.3 is 15.0 Å². The van der Waals surface area contributed by atoms with E-state index in [1.165, 1.54) is 6.07 Å². The van der Waals surface area contributed by atoms with Crippen LogP contribution in [0.4, 0.5) is 19.3 Å². The van der Waals surface area contributed by atoms with Crippen molar-refractivity contribution >= 4 is 11.8 Å². The number of hydrogen-bond donors (Lipinski definition) is 1. The standard InChI is InChI=1S/C17H24F2N2O2/c1-11-7-12(20-16(22)23-17(2,3)4)10-21(9-11)13-5-6-14(18)15(19)8-13/h5-6,8,11-12H,7,9-10H2,1-4H3,(H,20,22). The van der Waals surface area contributed by atoms with Gasteiger partial charge in [-0.1, -0.05) is 6.92 Å². The number of anilines is 1. The zero-order valence-corrected chi connectivity index (χ0v) is 14.0. The molecule has 2 unspecified atom stereocenters. The Morgan fingerprint density at radius 1 is 1.26 bits per heavy atom. The number of carbonyl (C=O) groups excluding carboxylic acids is 1. The van der Waals surface area contributed by atoms with Gasteiger partial charge in [0.25, 0.3) is 0 Å². The predicted molar refractivity (Wildman–Crippen MR) is 85.5 cm³/mol. The van der Waals surface area contributed by atoms with Crippen molar-refractivity contribution in [3.8, 4) is 0 Å². The summed E-state index contributed by atoms with van der Waals surface area (Å²) in [6, 6.07) is 3.78. The number of carbonyl (C=O) groups is 1. The van der Waals surface area contributed by atoms with E-state index in [0.29, 0.717) is 18.2 Å². The van der Waals surface area contributed by atoms with Crippen molar-refractivity contribution in [3.05, 3.63) is 29.8 Å². The van der Waals surface area contributed by atoms with Gasteiger partial charge in [0.1, 0.15) is 5.60 Å². The number of amides is 1. The fourth-order valence-electron chi connectivity index (χ4n) is 2.82. The van der Waals surface area contributed by atoms with Crippen LogP contribution in [0.15, 0.2) is 18.2 Å². The predicted octanol–water partition coefficient (Wildman–Crippen LogP) is 3.70. The Hall–Kier alpha value is -1.85. The molecule has 1 fully saturated rings. The molecule has 1 aromatic rings. The summed E-state index contributed by atoms with van der Waals surface area (Å²) in [5.74, 6) is -1.41. The summed E-state index contributed by atoms with van der Waals surface area (Å²) in [4.78, 5) is 13.9. The molecule has 6 heteroatoms. The lowest BCUT2D eigenvalue weighted by molar-refractivity contribution is 0.0495. The normalized spacial score (nSPS) is 21.9. The molecule has 1 aromatic carbocycles. The lowest BCUT2D eigenvalue weighted by Crippen LogP contribution is -2.51. The van der Waals surface area contributed by atoms with Crippen molar-refractivity contribution in [3.63, 3.8) is 0 Å². The molecule has 1 amide bonds. The zero-order valence-electron chi connectivity index (χ0n) is 14.0. The average Bonchev–Trinajstić information content (AvgIpc) is 2.38. The van der Waals surface area contributed by atoms with Crippen LogP contribution in [0.3, 0.4) is 0 Å². The number of alkyl carbamates (subject to hydrolysis) is 1. The van der Waals surface area contributed by atoms with E-state index in [9.17, 15) is 13.6 Å². The van der Waals surface area contributed by atoms with E-state index in [0.717, 1.165) is 19.0 Å². The summed E-state index contributed by atoms with van der Waals surface area (Å²) >= 11 is 0. The molecule has 0 aliphatic carbocycles. The van der Waals surface area contributed by atoms with Crippen LogP contribution in [0.5, 0.6) is 0 Å². The lowest BCUT2D eigenvalue weighted by atomic mass is 9.95. The number of rotatable bonds is 2. The number of benzene rings is 1. The molecule has 4 nitrogen and oxygen atoms in total. The first kappa shape index (κ1) is 17.5. The highest BCUT2D eigenvalue weighted by Crippen LogP contribution is 2.25. The number of nitrogens with zero attached hydrogens (tertiary/aromatic N) is 1. The topological polar surface area (TPSA) is 41.6 Å². The van der Waals surface area contributed by atoms with Crippen molar-refractivity contribution in [1.82, 2.24) is 5.32 Å². The number of ether oxygens (including phenoxy) is 1. The molecule has 2 rings (SSSR count). The minimum atomic E-state index is -0.864. The van der Waals surface area contributed by atoms with Crippen LogP contribution in [0.1, 0.15) is 34.1 Å². The van der Waals surface area contributed by atoms with E-state index in [4.69, 9.17) is 4.74 Å². The van der Waals surface area contributed by atoms with Gasteiger partial charge in [0.05, 0.1) is 0 Å². The van der Waals surface area contributed by atoms with Crippen LogP contribution >= 0.6 is 0 Å². The van der Waals surface area contributed by atoms with Gasteiger partial charge in [-0.3, -0.25) is 0 Å². The highest BCUT2D eigenvalue weighted by molar-refractivity contribution is 5.68. The van der Waals surface area contributed by atoms with Crippen molar-refractivity contribution in [2.45, 2.75) is 45.8 Å². The van der Waals surface area contributed by atoms with Crippen LogP contribution in [-0.2, 0) is 4.74 Å². The second kappa shape index (κ2) is 6.72. The van der Waals surface area contributed by atoms with Gasteiger partial charge >= 0.3 is 6.09 Å². The zero-order chi connectivity index (χ0) is 17.2. The molecule has 0 saturated carbocycles. The Labute approximate surface area is 135 Å². The van der Waals surface area contributed by atoms with Crippen LogP contribution in [0, 0.1) is 17.6 Å². The van der Waals surface area contributed by atoms with Crippen molar-refractivity contribution in [2.24, 2.45) is 5.92 Å². The number of piperidine rings is 1. The number of halogens is 2. The molecular weight excluding hydrogens is 302 g/mol. The Bertz CT molecular complexity index is 572. The smallest absolute Gasteiger partial charge is 0.407 e. The number of nitrogens with one attached hydrogen (secondary N) is 1. The minimum absolute atomic E-state index is 0.0956. The summed E-state index contributed by atoms with van der Waals surface area (Å²) in [7, 11) is 0. The first-order valence-corrected chi connectivity index (χ1v) is 7.83. The highest BCUT2D eigenvalue weighted by Gasteiger charge is 2.28. The van der Waals surface area contributed by atoms with E-state index < -0.39 is 23.3 Å². The third-order valence-corrected chi connectivity index (χ3v) is 3.65. The van der Waals surface area contributed by atoms with Crippen LogP contribution in [0.25, 0.3) is 0 Å². The molecule has 0 bridgehead atoms. The third-order valence-electron chi connectivity index (χ3n) is 3.65. The van der Waals surface area contributed by atoms with Crippen molar-refractivity contribution in [1.29, 1.82) is 0 Å². The molecule has 1 heterocycles. The van der Waals surface area contributed by atoms with Gasteiger partial charge in [0, 0.05) is 30.9 Å². The maximum absolute atomic E-state index is 13.4. The third kappa shape index (κ3) is 5.08. The van der Waals surface area contributed by atoms with E-state index in [2.05, 4.69) is 12.2 Å². The van der Waals surface area contributed by atoms with Crippen molar-refractivity contribution in [2.75, 3.05) is 18.0 Å². The summed E-state index contributed by atoms with van der Waals surface area (Å²) in [6.07, 6.45) is 0.362. The first-order valence-electron chi connectivity index (χ1n) is 7.83. The first-order chi connectivity index (χ1) is 10.6. The molecule has 23 heavy (non-hydrogen) atoms. The van der Waals surface area contributed by atoms with Crippen molar-refractivity contribution < 1.29 is 18.3 Å². The molecule has 0 radical (unpaired) electrons. The fourth-order valence-corrected chi connectivity index (χ4v) is 2.82. The summed E-state index contributed by atoms with van der Waals surface area (Å²) in [5.41, 5.74) is 0.0656. The molecule has 1 aliphatic heterocycles. The summed E-state index contributed by atoms with van der Waals surface area (Å²) in [5, 5.41) is 2.86. The highest BCUT2D eigenvalue weighted by atomic mass is 19.2. The van der Waals surface area contributed by atoms with E-state index in [1.807, 2.05) is 25.7 Å². The number of hydrogen-bond acceptors (Lipinski definition) is 3. The van der Waals surface area contributed by atoms with Crippen LogP contribution in [0.2, 0.25) is 0 Å². The second-order valence-corrected chi connectivity index (χ2v) is 7.19. The molecule has 128 valence electrons. The van der Waals surface area contributed by atoms with E-state index >= 15 is 0 Å². The van der Waals surface area contributed by atoms with E-state index in [-0.39, 0.29) is 6.04 Å². The quantitative estimate of drug-likeness (QED) is 0.901. The van der Waals surface area contributed by atoms with Gasteiger partial charge in [0.2, 0.25) is 0 Å². The Morgan fingerprint density at radius 3 is 2.57 bits per heavy atom. The van der Waals surface area contributed by atoms with Gasteiger partial charge in [-0.15, -0.1) is 0 Å². The molecule has 1 saturated heterocycles. The van der Waals surface area contributed by atoms with Crippen LogP contribution < -0.4 is 10.2 Å². The molecule has 0 aromatic heterocycles. The van der Waals surface area contributed by atoms with Crippen LogP contribution in [-0.4, -0.2) is 30.8 Å². The van der Waals surface area contributed by atoms with Gasteiger partial charge in [-0.2, -0.15) is 0 Å². The van der Waals surface area contributed by atoms with Gasteiger partial charge in [-0.25, -0.2) is 13.6 Å². The molecule has 0 spiro atoms. The molecular formula is C17H24F2N2O2. The minimum Gasteiger partial charge on any atom is -0.444 e. The van der Waals surface area contributed by atoms with Gasteiger partial charge in [0.15, 0.2) is 11.6 Å². The lowest BCUT2D eigenvalue weighted by Gasteiger charge is -2.38. The largest absolute Gasteiger partial charge is 0.444 e. The summed E-state index contributed by atoms with van der Waals surface area (Å²) < 4.78 is 31.8. The Kier molecular flexibility index (Phi) is 5.12. The molecule has 1 N–H and O–H groups in total. The maximum atomic E-state index is 13.4.